The number of benzene rings is 2. The first-order valence-corrected chi connectivity index (χ1v) is 10.8. The van der Waals surface area contributed by atoms with Crippen LogP contribution in [0.3, 0.4) is 0 Å². The molecule has 5 rings (SSSR count). The number of ketones is 1. The van der Waals surface area contributed by atoms with Crippen LogP contribution in [0.2, 0.25) is 10.0 Å². The summed E-state index contributed by atoms with van der Waals surface area (Å²) in [6.45, 7) is 4.27. The predicted molar refractivity (Wildman–Crippen MR) is 116 cm³/mol. The molecule has 2 aliphatic heterocycles. The van der Waals surface area contributed by atoms with Crippen LogP contribution in [-0.4, -0.2) is 11.0 Å². The molecule has 28 heavy (non-hydrogen) atoms. The van der Waals surface area contributed by atoms with Crippen molar-refractivity contribution in [1.82, 2.24) is 0 Å². The van der Waals surface area contributed by atoms with Crippen LogP contribution in [-0.2, 0) is 4.79 Å². The number of fused-ring (bicyclic) bond motifs is 3. The molecular formula is C22H18Cl2N2OS. The van der Waals surface area contributed by atoms with Crippen molar-refractivity contribution >= 4 is 51.6 Å². The van der Waals surface area contributed by atoms with E-state index in [0.717, 1.165) is 39.0 Å². The van der Waals surface area contributed by atoms with Crippen molar-refractivity contribution < 1.29 is 4.79 Å². The highest BCUT2D eigenvalue weighted by atomic mass is 35.5. The number of hydrogen-bond acceptors (Lipinski definition) is 4. The first-order chi connectivity index (χ1) is 13.3. The Morgan fingerprint density at radius 3 is 2.54 bits per heavy atom. The van der Waals surface area contributed by atoms with E-state index in [0.29, 0.717) is 16.5 Å². The van der Waals surface area contributed by atoms with E-state index in [4.69, 9.17) is 28.2 Å². The first-order valence-electron chi connectivity index (χ1n) is 9.19. The smallest absolute Gasteiger partial charge is 0.174 e. The minimum atomic E-state index is -0.196. The Balaban J connectivity index is 1.72. The number of thioether (sulfide) groups is 1. The lowest BCUT2D eigenvalue weighted by Crippen LogP contribution is -2.40. The molecule has 1 atom stereocenters. The summed E-state index contributed by atoms with van der Waals surface area (Å²) >= 11 is 14.0. The molecule has 0 aromatic heterocycles. The van der Waals surface area contributed by atoms with Gasteiger partial charge in [0, 0.05) is 26.9 Å². The zero-order valence-corrected chi connectivity index (χ0v) is 17.8. The molecule has 2 aromatic rings. The number of Topliss-reactive ketones (excluding diaryl/α,β-unsaturated/α-hetero) is 1. The van der Waals surface area contributed by atoms with E-state index in [2.05, 4.69) is 18.7 Å². The summed E-state index contributed by atoms with van der Waals surface area (Å²) < 4.78 is 0. The van der Waals surface area contributed by atoms with Gasteiger partial charge in [-0.25, -0.2) is 4.99 Å². The zero-order chi connectivity index (χ0) is 19.6. The Morgan fingerprint density at radius 1 is 1.07 bits per heavy atom. The van der Waals surface area contributed by atoms with E-state index in [1.165, 1.54) is 0 Å². The molecule has 0 saturated heterocycles. The molecule has 0 N–H and O–H groups in total. The summed E-state index contributed by atoms with van der Waals surface area (Å²) in [6.07, 6.45) is 1.34. The van der Waals surface area contributed by atoms with E-state index < -0.39 is 0 Å². The number of rotatable bonds is 1. The van der Waals surface area contributed by atoms with Crippen molar-refractivity contribution in [2.45, 2.75) is 37.6 Å². The predicted octanol–water partition coefficient (Wildman–Crippen LogP) is 6.66. The van der Waals surface area contributed by atoms with Crippen molar-refractivity contribution in [3.63, 3.8) is 0 Å². The van der Waals surface area contributed by atoms with Gasteiger partial charge in [0.15, 0.2) is 11.0 Å². The van der Waals surface area contributed by atoms with Gasteiger partial charge in [0.25, 0.3) is 0 Å². The lowest BCUT2D eigenvalue weighted by molar-refractivity contribution is -0.118. The third kappa shape index (κ3) is 2.90. The first kappa shape index (κ1) is 18.3. The maximum atomic E-state index is 13.2. The van der Waals surface area contributed by atoms with Crippen LogP contribution >= 0.6 is 35.0 Å². The van der Waals surface area contributed by atoms with E-state index in [9.17, 15) is 4.79 Å². The summed E-state index contributed by atoms with van der Waals surface area (Å²) in [5.74, 6) is 0.182. The van der Waals surface area contributed by atoms with Crippen LogP contribution in [0, 0.1) is 5.41 Å². The van der Waals surface area contributed by atoms with Crippen LogP contribution in [0.15, 0.2) is 63.6 Å². The molecule has 2 heterocycles. The van der Waals surface area contributed by atoms with Crippen molar-refractivity contribution in [3.05, 3.63) is 69.3 Å². The van der Waals surface area contributed by atoms with Crippen LogP contribution in [0.25, 0.3) is 0 Å². The molecule has 0 amide bonds. The van der Waals surface area contributed by atoms with Gasteiger partial charge in [0.05, 0.1) is 17.4 Å². The molecule has 0 spiro atoms. The maximum absolute atomic E-state index is 13.2. The minimum absolute atomic E-state index is 0.0773. The topological polar surface area (TPSA) is 32.7 Å². The fourth-order valence-corrected chi connectivity index (χ4v) is 5.74. The normalized spacial score (nSPS) is 22.6. The molecule has 142 valence electrons. The molecule has 2 aromatic carbocycles. The molecule has 1 unspecified atom stereocenters. The van der Waals surface area contributed by atoms with Crippen molar-refractivity contribution in [1.29, 1.82) is 0 Å². The average Bonchev–Trinajstić information content (AvgIpc) is 2.96. The molecule has 0 bridgehead atoms. The molecule has 0 radical (unpaired) electrons. The number of halogens is 2. The van der Waals surface area contributed by atoms with Gasteiger partial charge >= 0.3 is 0 Å². The zero-order valence-electron chi connectivity index (χ0n) is 15.5. The van der Waals surface area contributed by atoms with Gasteiger partial charge in [0.2, 0.25) is 0 Å². The Labute approximate surface area is 178 Å². The molecule has 0 fully saturated rings. The van der Waals surface area contributed by atoms with Crippen molar-refractivity contribution in [2.75, 3.05) is 4.90 Å². The van der Waals surface area contributed by atoms with Gasteiger partial charge in [0.1, 0.15) is 0 Å². The van der Waals surface area contributed by atoms with E-state index >= 15 is 0 Å². The maximum Gasteiger partial charge on any atom is 0.174 e. The Kier molecular flexibility index (Phi) is 4.17. The molecule has 0 saturated carbocycles. The largest absolute Gasteiger partial charge is 0.308 e. The second kappa shape index (κ2) is 6.38. The summed E-state index contributed by atoms with van der Waals surface area (Å²) in [5.41, 5.74) is 3.73. The number of hydrogen-bond donors (Lipinski definition) is 0. The molecule has 6 heteroatoms. The Morgan fingerprint density at radius 2 is 1.79 bits per heavy atom. The van der Waals surface area contributed by atoms with Crippen LogP contribution in [0.4, 0.5) is 5.69 Å². The minimum Gasteiger partial charge on any atom is -0.308 e. The Bertz CT molecular complexity index is 1070. The number of anilines is 1. The van der Waals surface area contributed by atoms with Crippen LogP contribution in [0.5, 0.6) is 0 Å². The SMILES string of the molecule is CC1(C)CC(=O)C2=C(C1)N=C1Sc3cc(Cl)ccc3N1C2c1ccc(Cl)cc1. The Hall–Kier alpha value is -1.75. The summed E-state index contributed by atoms with van der Waals surface area (Å²) in [7, 11) is 0. The van der Waals surface area contributed by atoms with Gasteiger partial charge in [-0.1, -0.05) is 49.2 Å². The van der Waals surface area contributed by atoms with Crippen molar-refractivity contribution in [2.24, 2.45) is 10.4 Å². The number of aliphatic imine (C=N–C) groups is 1. The van der Waals surface area contributed by atoms with Crippen LogP contribution in [0.1, 0.15) is 38.3 Å². The number of carbonyl (C=O) groups excluding carboxylic acids is 1. The third-order valence-electron chi connectivity index (χ3n) is 5.43. The molecular weight excluding hydrogens is 411 g/mol. The average molecular weight is 429 g/mol. The summed E-state index contributed by atoms with van der Waals surface area (Å²) in [4.78, 5) is 21.4. The van der Waals surface area contributed by atoms with Gasteiger partial charge in [-0.2, -0.15) is 0 Å². The number of allylic oxidation sites excluding steroid dienone is 1. The summed E-state index contributed by atoms with van der Waals surface area (Å²) in [6, 6.07) is 13.4. The monoisotopic (exact) mass is 428 g/mol. The summed E-state index contributed by atoms with van der Waals surface area (Å²) in [5, 5.41) is 2.29. The third-order valence-corrected chi connectivity index (χ3v) is 6.94. The lowest BCUT2D eigenvalue weighted by atomic mass is 9.73. The highest BCUT2D eigenvalue weighted by Gasteiger charge is 2.45. The number of nitrogens with zero attached hydrogens (tertiary/aromatic N) is 2. The second-order valence-electron chi connectivity index (χ2n) is 8.23. The van der Waals surface area contributed by atoms with Gasteiger partial charge < -0.3 is 4.90 Å². The quantitative estimate of drug-likeness (QED) is 0.508. The lowest BCUT2D eigenvalue weighted by Gasteiger charge is -2.40. The fourth-order valence-electron chi connectivity index (χ4n) is 4.26. The van der Waals surface area contributed by atoms with Gasteiger partial charge in [-0.15, -0.1) is 0 Å². The van der Waals surface area contributed by atoms with Gasteiger partial charge in [-0.05, 0) is 59.5 Å². The highest BCUT2D eigenvalue weighted by Crippen LogP contribution is 2.53. The standard InChI is InChI=1S/C22H18Cl2N2OS/c1-22(2)10-15-19(17(27)11-22)20(12-3-5-13(23)6-4-12)26-16-8-7-14(24)9-18(16)28-21(26)25-15/h3-9,20H,10-11H2,1-2H3. The molecule has 3 aliphatic rings. The number of amidine groups is 1. The second-order valence-corrected chi connectivity index (χ2v) is 10.1. The molecule has 1 aliphatic carbocycles. The molecule has 3 nitrogen and oxygen atoms in total. The van der Waals surface area contributed by atoms with E-state index in [1.807, 2.05) is 42.5 Å². The number of carbonyl (C=O) groups is 1. The van der Waals surface area contributed by atoms with Gasteiger partial charge in [-0.3, -0.25) is 4.79 Å². The fraction of sp³-hybridized carbons (Fsp3) is 0.273. The van der Waals surface area contributed by atoms with E-state index in [1.54, 1.807) is 11.8 Å². The van der Waals surface area contributed by atoms with Crippen molar-refractivity contribution in [3.8, 4) is 0 Å². The highest BCUT2D eigenvalue weighted by molar-refractivity contribution is 8.14. The van der Waals surface area contributed by atoms with E-state index in [-0.39, 0.29) is 17.2 Å². The van der Waals surface area contributed by atoms with Crippen LogP contribution < -0.4 is 4.90 Å².